The molecule has 4 saturated carbocycles. The lowest BCUT2D eigenvalue weighted by Gasteiger charge is -2.59. The highest BCUT2D eigenvalue weighted by molar-refractivity contribution is 5.81. The van der Waals surface area contributed by atoms with Crippen LogP contribution in [0.2, 0.25) is 0 Å². The molecule has 32 heavy (non-hydrogen) atoms. The van der Waals surface area contributed by atoms with Gasteiger partial charge in [0.05, 0.1) is 17.3 Å². The van der Waals surface area contributed by atoms with Gasteiger partial charge in [0.2, 0.25) is 0 Å². The summed E-state index contributed by atoms with van der Waals surface area (Å²) in [6, 6.07) is 0. The molecule has 6 heteroatoms. The summed E-state index contributed by atoms with van der Waals surface area (Å²) in [5, 5.41) is 0. The summed E-state index contributed by atoms with van der Waals surface area (Å²) in [6.07, 6.45) is 7.04. The Morgan fingerprint density at radius 2 is 1.53 bits per heavy atom. The van der Waals surface area contributed by atoms with Crippen molar-refractivity contribution in [1.29, 1.82) is 0 Å². The van der Waals surface area contributed by atoms with Crippen LogP contribution in [0.5, 0.6) is 0 Å². The second-order valence-corrected chi connectivity index (χ2v) is 12.5. The molecule has 180 valence electrons. The molecule has 5 aliphatic rings. The standard InChI is InChI=1S/C26H40O6/c1-7-24(4,14-23(2,3)21(28)31-25(5)13-20(27)30-15-25)22(29)32-26(6)18-9-16-8-17(11-18)12-19(26)10-16/h16-19H,7-15H2,1-6H3. The Morgan fingerprint density at radius 3 is 2.00 bits per heavy atom. The van der Waals surface area contributed by atoms with Crippen molar-refractivity contribution in [2.24, 2.45) is 34.5 Å². The molecule has 0 spiro atoms. The van der Waals surface area contributed by atoms with Gasteiger partial charge in [0.1, 0.15) is 12.2 Å². The zero-order valence-electron chi connectivity index (χ0n) is 20.6. The summed E-state index contributed by atoms with van der Waals surface area (Å²) in [4.78, 5) is 38.2. The van der Waals surface area contributed by atoms with Crippen molar-refractivity contribution in [2.75, 3.05) is 6.61 Å². The summed E-state index contributed by atoms with van der Waals surface area (Å²) < 4.78 is 17.1. The number of cyclic esters (lactones) is 1. The Hall–Kier alpha value is -1.59. The normalized spacial score (nSPS) is 40.0. The van der Waals surface area contributed by atoms with Crippen molar-refractivity contribution in [3.8, 4) is 0 Å². The molecule has 0 aromatic rings. The van der Waals surface area contributed by atoms with E-state index in [4.69, 9.17) is 14.2 Å². The third kappa shape index (κ3) is 4.07. The molecule has 4 bridgehead atoms. The molecule has 5 rings (SSSR count). The van der Waals surface area contributed by atoms with Crippen LogP contribution in [0.1, 0.15) is 92.9 Å². The number of esters is 3. The molecule has 0 radical (unpaired) electrons. The fraction of sp³-hybridized carbons (Fsp3) is 0.885. The van der Waals surface area contributed by atoms with Crippen LogP contribution in [-0.4, -0.2) is 35.7 Å². The minimum absolute atomic E-state index is 0.0605. The summed E-state index contributed by atoms with van der Waals surface area (Å²) in [5.41, 5.74) is -3.02. The number of carbonyl (C=O) groups is 3. The van der Waals surface area contributed by atoms with Gasteiger partial charge in [-0.3, -0.25) is 14.4 Å². The van der Waals surface area contributed by atoms with E-state index in [0.717, 1.165) is 11.8 Å². The Bertz CT molecular complexity index is 772. The van der Waals surface area contributed by atoms with E-state index in [1.807, 2.05) is 27.7 Å². The first-order valence-corrected chi connectivity index (χ1v) is 12.4. The summed E-state index contributed by atoms with van der Waals surface area (Å²) in [5.74, 6) is 1.58. The molecule has 1 saturated heterocycles. The topological polar surface area (TPSA) is 78.9 Å². The maximum absolute atomic E-state index is 13.6. The summed E-state index contributed by atoms with van der Waals surface area (Å²) in [6.45, 7) is 11.5. The van der Waals surface area contributed by atoms with Crippen LogP contribution in [0.4, 0.5) is 0 Å². The molecule has 5 fully saturated rings. The average Bonchev–Trinajstić information content (AvgIpc) is 3.03. The molecule has 2 atom stereocenters. The van der Waals surface area contributed by atoms with Crippen LogP contribution in [0, 0.1) is 34.5 Å². The smallest absolute Gasteiger partial charge is 0.312 e. The van der Waals surface area contributed by atoms with Gasteiger partial charge in [-0.1, -0.05) is 6.92 Å². The van der Waals surface area contributed by atoms with Crippen LogP contribution in [-0.2, 0) is 28.6 Å². The number of ether oxygens (including phenoxy) is 3. The molecule has 0 aromatic heterocycles. The molecular weight excluding hydrogens is 408 g/mol. The quantitative estimate of drug-likeness (QED) is 0.410. The lowest BCUT2D eigenvalue weighted by molar-refractivity contribution is -0.213. The molecule has 1 heterocycles. The Balaban J connectivity index is 1.44. The van der Waals surface area contributed by atoms with Crippen LogP contribution in [0.3, 0.4) is 0 Å². The largest absolute Gasteiger partial charge is 0.461 e. The SMILES string of the molecule is CCC(C)(CC(C)(C)C(=O)OC1(C)COC(=O)C1)C(=O)OC1(C)C2CC3CC(C2)CC1C3. The zero-order chi connectivity index (χ0) is 23.5. The molecule has 2 unspecified atom stereocenters. The second-order valence-electron chi connectivity index (χ2n) is 12.5. The maximum atomic E-state index is 13.6. The number of hydrogen-bond donors (Lipinski definition) is 0. The summed E-state index contributed by atoms with van der Waals surface area (Å²) in [7, 11) is 0. The van der Waals surface area contributed by atoms with Crippen molar-refractivity contribution < 1.29 is 28.6 Å². The van der Waals surface area contributed by atoms with Crippen LogP contribution in [0.15, 0.2) is 0 Å². The van der Waals surface area contributed by atoms with Gasteiger partial charge < -0.3 is 14.2 Å². The second kappa shape index (κ2) is 7.73. The molecular formula is C26H40O6. The number of hydrogen-bond acceptors (Lipinski definition) is 6. The maximum Gasteiger partial charge on any atom is 0.312 e. The van der Waals surface area contributed by atoms with Gasteiger partial charge in [0, 0.05) is 0 Å². The lowest BCUT2D eigenvalue weighted by Crippen LogP contribution is -2.59. The minimum atomic E-state index is -0.942. The molecule has 6 nitrogen and oxygen atoms in total. The van der Waals surface area contributed by atoms with Crippen LogP contribution < -0.4 is 0 Å². The molecule has 0 aromatic carbocycles. The first kappa shape index (κ1) is 23.6. The van der Waals surface area contributed by atoms with Crippen molar-refractivity contribution in [3.63, 3.8) is 0 Å². The van der Waals surface area contributed by atoms with Gasteiger partial charge in [-0.05, 0) is 103 Å². The Labute approximate surface area is 192 Å². The zero-order valence-corrected chi connectivity index (χ0v) is 20.6. The number of carbonyl (C=O) groups excluding carboxylic acids is 3. The Kier molecular flexibility index (Phi) is 5.69. The van der Waals surface area contributed by atoms with Gasteiger partial charge in [-0.2, -0.15) is 0 Å². The summed E-state index contributed by atoms with van der Waals surface area (Å²) >= 11 is 0. The highest BCUT2D eigenvalue weighted by atomic mass is 16.6. The highest BCUT2D eigenvalue weighted by Gasteiger charge is 2.58. The van der Waals surface area contributed by atoms with E-state index in [1.165, 1.54) is 32.1 Å². The van der Waals surface area contributed by atoms with E-state index in [2.05, 4.69) is 6.92 Å². The average molecular weight is 449 g/mol. The van der Waals surface area contributed by atoms with Gasteiger partial charge >= 0.3 is 17.9 Å². The van der Waals surface area contributed by atoms with E-state index in [9.17, 15) is 14.4 Å². The van der Waals surface area contributed by atoms with Gasteiger partial charge in [0.15, 0.2) is 5.60 Å². The molecule has 4 aliphatic carbocycles. The first-order valence-electron chi connectivity index (χ1n) is 12.4. The molecule has 0 N–H and O–H groups in total. The van der Waals surface area contributed by atoms with E-state index in [-0.39, 0.29) is 30.6 Å². The van der Waals surface area contributed by atoms with E-state index in [1.54, 1.807) is 6.92 Å². The van der Waals surface area contributed by atoms with Crippen molar-refractivity contribution in [3.05, 3.63) is 0 Å². The van der Waals surface area contributed by atoms with E-state index >= 15 is 0 Å². The predicted octanol–water partition coefficient (Wildman–Crippen LogP) is 4.83. The van der Waals surface area contributed by atoms with Crippen LogP contribution in [0.25, 0.3) is 0 Å². The predicted molar refractivity (Wildman–Crippen MR) is 118 cm³/mol. The third-order valence-electron chi connectivity index (χ3n) is 9.13. The van der Waals surface area contributed by atoms with Crippen molar-refractivity contribution in [2.45, 2.75) is 104 Å². The van der Waals surface area contributed by atoms with E-state index in [0.29, 0.717) is 24.7 Å². The molecule has 0 amide bonds. The number of rotatable bonds is 7. The molecule has 1 aliphatic heterocycles. The van der Waals surface area contributed by atoms with Crippen molar-refractivity contribution in [1.82, 2.24) is 0 Å². The third-order valence-corrected chi connectivity index (χ3v) is 9.13. The van der Waals surface area contributed by atoms with Gasteiger partial charge in [-0.25, -0.2) is 0 Å². The highest BCUT2D eigenvalue weighted by Crippen LogP contribution is 2.60. The monoisotopic (exact) mass is 448 g/mol. The minimum Gasteiger partial charge on any atom is -0.461 e. The fourth-order valence-electron chi connectivity index (χ4n) is 7.07. The fourth-order valence-corrected chi connectivity index (χ4v) is 7.07. The lowest BCUT2D eigenvalue weighted by atomic mass is 9.50. The first-order chi connectivity index (χ1) is 14.8. The van der Waals surface area contributed by atoms with Crippen molar-refractivity contribution >= 4 is 17.9 Å². The van der Waals surface area contributed by atoms with E-state index < -0.39 is 22.4 Å². The Morgan fingerprint density at radius 1 is 0.969 bits per heavy atom. The van der Waals surface area contributed by atoms with Gasteiger partial charge in [0.25, 0.3) is 0 Å². The van der Waals surface area contributed by atoms with Crippen LogP contribution >= 0.6 is 0 Å². The van der Waals surface area contributed by atoms with Gasteiger partial charge in [-0.15, -0.1) is 0 Å².